The zero-order valence-electron chi connectivity index (χ0n) is 17.0. The van der Waals surface area contributed by atoms with Gasteiger partial charge in [0.25, 0.3) is 0 Å². The second-order valence-corrected chi connectivity index (χ2v) is 8.53. The lowest BCUT2D eigenvalue weighted by molar-refractivity contribution is -0.123. The van der Waals surface area contributed by atoms with Crippen LogP contribution < -0.4 is 4.90 Å². The highest BCUT2D eigenvalue weighted by Crippen LogP contribution is 2.34. The van der Waals surface area contributed by atoms with E-state index in [4.69, 9.17) is 9.72 Å². The summed E-state index contributed by atoms with van der Waals surface area (Å²) in [4.78, 5) is 36.2. The number of amides is 1. The first-order chi connectivity index (χ1) is 14.7. The van der Waals surface area contributed by atoms with Crippen LogP contribution >= 0.6 is 11.3 Å². The van der Waals surface area contributed by atoms with Crippen molar-refractivity contribution in [3.63, 3.8) is 0 Å². The topological polar surface area (TPSA) is 72.4 Å². The van der Waals surface area contributed by atoms with Gasteiger partial charge in [0.15, 0.2) is 5.13 Å². The molecule has 0 N–H and O–H groups in total. The average Bonchev–Trinajstić information content (AvgIpc) is 3.21. The summed E-state index contributed by atoms with van der Waals surface area (Å²) in [6.07, 6.45) is 8.77. The Labute approximate surface area is 179 Å². The van der Waals surface area contributed by atoms with Gasteiger partial charge in [0.1, 0.15) is 0 Å². The number of fused-ring (bicyclic) bond motifs is 1. The highest BCUT2D eigenvalue weighted by Gasteiger charge is 2.29. The van der Waals surface area contributed by atoms with Gasteiger partial charge in [-0.05, 0) is 49.6 Å². The van der Waals surface area contributed by atoms with Crippen LogP contribution in [0.15, 0.2) is 42.7 Å². The summed E-state index contributed by atoms with van der Waals surface area (Å²) in [6, 6.07) is 9.18. The Bertz CT molecular complexity index is 1030. The van der Waals surface area contributed by atoms with Crippen LogP contribution in [-0.4, -0.2) is 28.5 Å². The third-order valence-electron chi connectivity index (χ3n) is 5.40. The molecule has 1 aliphatic rings. The molecule has 1 saturated carbocycles. The molecule has 1 amide bonds. The third kappa shape index (κ3) is 4.51. The number of thiazole rings is 1. The van der Waals surface area contributed by atoms with Crippen molar-refractivity contribution in [2.45, 2.75) is 45.6 Å². The van der Waals surface area contributed by atoms with E-state index in [1.807, 2.05) is 18.2 Å². The Morgan fingerprint density at radius 1 is 1.20 bits per heavy atom. The number of benzene rings is 1. The maximum atomic E-state index is 13.4. The van der Waals surface area contributed by atoms with Crippen LogP contribution in [0.4, 0.5) is 5.13 Å². The van der Waals surface area contributed by atoms with Crippen LogP contribution in [0.1, 0.15) is 54.9 Å². The molecule has 7 heteroatoms. The van der Waals surface area contributed by atoms with Gasteiger partial charge in [-0.15, -0.1) is 0 Å². The van der Waals surface area contributed by atoms with Crippen LogP contribution in [0.2, 0.25) is 0 Å². The quantitative estimate of drug-likeness (QED) is 0.523. The molecule has 0 spiro atoms. The molecule has 1 aliphatic carbocycles. The molecular weight excluding hydrogens is 398 g/mol. The van der Waals surface area contributed by atoms with Gasteiger partial charge in [0.2, 0.25) is 5.91 Å². The van der Waals surface area contributed by atoms with Crippen LogP contribution in [0.3, 0.4) is 0 Å². The number of hydrogen-bond acceptors (Lipinski definition) is 6. The minimum absolute atomic E-state index is 0.0394. The summed E-state index contributed by atoms with van der Waals surface area (Å²) in [5.41, 5.74) is 2.24. The summed E-state index contributed by atoms with van der Waals surface area (Å²) in [7, 11) is 0. The fraction of sp³-hybridized carbons (Fsp3) is 0.391. The van der Waals surface area contributed by atoms with Crippen LogP contribution in [0.25, 0.3) is 10.2 Å². The summed E-state index contributed by atoms with van der Waals surface area (Å²) in [5.74, 6) is -0.180. The summed E-state index contributed by atoms with van der Waals surface area (Å²) in [5, 5.41) is 0.658. The maximum absolute atomic E-state index is 13.4. The molecule has 1 aromatic carbocycles. The van der Waals surface area contributed by atoms with Crippen molar-refractivity contribution in [2.24, 2.45) is 5.92 Å². The Hall–Kier alpha value is -2.80. The Morgan fingerprint density at radius 2 is 2.03 bits per heavy atom. The predicted molar refractivity (Wildman–Crippen MR) is 118 cm³/mol. The smallest absolute Gasteiger partial charge is 0.338 e. The molecule has 1 fully saturated rings. The van der Waals surface area contributed by atoms with E-state index < -0.39 is 0 Å². The van der Waals surface area contributed by atoms with E-state index in [9.17, 15) is 9.59 Å². The largest absolute Gasteiger partial charge is 0.462 e. The normalized spacial score (nSPS) is 14.6. The standard InChI is InChI=1S/C23H25N3O3S/c1-2-29-22(28)18-10-11-19-20(13-18)30-23(25-19)26(15-16-7-6-12-24-14-16)21(27)17-8-4-3-5-9-17/h6-7,10-14,17H,2-5,8-9,15H2,1H3. The number of esters is 1. The lowest BCUT2D eigenvalue weighted by atomic mass is 9.88. The summed E-state index contributed by atoms with van der Waals surface area (Å²) < 4.78 is 5.97. The molecular formula is C23H25N3O3S. The molecule has 0 unspecified atom stereocenters. The number of rotatable bonds is 6. The minimum Gasteiger partial charge on any atom is -0.462 e. The van der Waals surface area contributed by atoms with Gasteiger partial charge < -0.3 is 4.74 Å². The average molecular weight is 424 g/mol. The molecule has 0 bridgehead atoms. The first-order valence-corrected chi connectivity index (χ1v) is 11.3. The molecule has 0 atom stereocenters. The van der Waals surface area contributed by atoms with Gasteiger partial charge >= 0.3 is 5.97 Å². The Balaban J connectivity index is 1.67. The molecule has 4 rings (SSSR count). The first kappa shape index (κ1) is 20.5. The van der Waals surface area contributed by atoms with Gasteiger partial charge in [-0.25, -0.2) is 9.78 Å². The molecule has 30 heavy (non-hydrogen) atoms. The van der Waals surface area contributed by atoms with Gasteiger partial charge in [0.05, 0.1) is 28.9 Å². The second kappa shape index (κ2) is 9.34. The highest BCUT2D eigenvalue weighted by molar-refractivity contribution is 7.22. The van der Waals surface area contributed by atoms with Gasteiger partial charge in [0, 0.05) is 18.3 Å². The number of ether oxygens (including phenoxy) is 1. The van der Waals surface area contributed by atoms with E-state index in [1.165, 1.54) is 17.8 Å². The van der Waals surface area contributed by atoms with E-state index in [0.717, 1.165) is 41.5 Å². The van der Waals surface area contributed by atoms with E-state index >= 15 is 0 Å². The number of carbonyl (C=O) groups is 2. The van der Waals surface area contributed by atoms with E-state index in [0.29, 0.717) is 23.8 Å². The van der Waals surface area contributed by atoms with Crippen molar-refractivity contribution in [3.8, 4) is 0 Å². The lowest BCUT2D eigenvalue weighted by Gasteiger charge is -2.27. The number of carbonyl (C=O) groups excluding carboxylic acids is 2. The Kier molecular flexibility index (Phi) is 6.38. The summed E-state index contributed by atoms with van der Waals surface area (Å²) >= 11 is 1.43. The Morgan fingerprint density at radius 3 is 2.77 bits per heavy atom. The molecule has 3 aromatic rings. The fourth-order valence-electron chi connectivity index (χ4n) is 3.85. The maximum Gasteiger partial charge on any atom is 0.338 e. The van der Waals surface area contributed by atoms with E-state index in [2.05, 4.69) is 4.98 Å². The van der Waals surface area contributed by atoms with Gasteiger partial charge in [-0.1, -0.05) is 36.7 Å². The molecule has 2 aromatic heterocycles. The number of nitrogens with zero attached hydrogens (tertiary/aromatic N) is 3. The van der Waals surface area contributed by atoms with Crippen molar-refractivity contribution in [3.05, 3.63) is 53.9 Å². The van der Waals surface area contributed by atoms with Crippen LogP contribution in [-0.2, 0) is 16.1 Å². The zero-order valence-corrected chi connectivity index (χ0v) is 17.9. The molecule has 156 valence electrons. The molecule has 0 aliphatic heterocycles. The molecule has 0 radical (unpaired) electrons. The molecule has 2 heterocycles. The van der Waals surface area contributed by atoms with Crippen molar-refractivity contribution < 1.29 is 14.3 Å². The minimum atomic E-state index is -0.347. The van der Waals surface area contributed by atoms with Gasteiger partial charge in [-0.3, -0.25) is 14.7 Å². The molecule has 0 saturated heterocycles. The number of anilines is 1. The zero-order chi connectivity index (χ0) is 20.9. The third-order valence-corrected chi connectivity index (χ3v) is 6.44. The summed E-state index contributed by atoms with van der Waals surface area (Å²) in [6.45, 7) is 2.56. The van der Waals surface area contributed by atoms with E-state index in [1.54, 1.807) is 36.4 Å². The lowest BCUT2D eigenvalue weighted by Crippen LogP contribution is -2.36. The van der Waals surface area contributed by atoms with Crippen molar-refractivity contribution in [2.75, 3.05) is 11.5 Å². The second-order valence-electron chi connectivity index (χ2n) is 7.52. The number of aromatic nitrogens is 2. The number of hydrogen-bond donors (Lipinski definition) is 0. The van der Waals surface area contributed by atoms with Crippen molar-refractivity contribution in [1.82, 2.24) is 9.97 Å². The predicted octanol–water partition coefficient (Wildman–Crippen LogP) is 4.98. The van der Waals surface area contributed by atoms with E-state index in [-0.39, 0.29) is 17.8 Å². The number of pyridine rings is 1. The molecule has 6 nitrogen and oxygen atoms in total. The van der Waals surface area contributed by atoms with Crippen molar-refractivity contribution >= 4 is 38.6 Å². The highest BCUT2D eigenvalue weighted by atomic mass is 32.1. The van der Waals surface area contributed by atoms with Crippen LogP contribution in [0.5, 0.6) is 0 Å². The SMILES string of the molecule is CCOC(=O)c1ccc2nc(N(Cc3cccnc3)C(=O)C3CCCCC3)sc2c1. The monoisotopic (exact) mass is 423 g/mol. The first-order valence-electron chi connectivity index (χ1n) is 10.4. The van der Waals surface area contributed by atoms with Crippen LogP contribution in [0, 0.1) is 5.92 Å². The van der Waals surface area contributed by atoms with Crippen molar-refractivity contribution in [1.29, 1.82) is 0 Å². The fourth-order valence-corrected chi connectivity index (χ4v) is 4.86. The van der Waals surface area contributed by atoms with Gasteiger partial charge in [-0.2, -0.15) is 0 Å².